The maximum absolute atomic E-state index is 2.67. The highest BCUT2D eigenvalue weighted by atomic mass is 15.2. The van der Waals surface area contributed by atoms with E-state index in [2.05, 4.69) is 354 Å². The fourth-order valence-electron chi connectivity index (χ4n) is 19.0. The smallest absolute Gasteiger partial charge is 0.252 e. The average Bonchev–Trinajstić information content (AvgIpc) is 1.48. The summed E-state index contributed by atoms with van der Waals surface area (Å²) in [5.41, 5.74) is 38.7. The number of anilines is 6. The summed E-state index contributed by atoms with van der Waals surface area (Å²) in [6, 6.07) is 130. The third-order valence-corrected chi connectivity index (χ3v) is 22.6. The van der Waals surface area contributed by atoms with Gasteiger partial charge in [-0.2, -0.15) is 0 Å². The summed E-state index contributed by atoms with van der Waals surface area (Å²) in [4.78, 5) is 5.32. The normalized spacial score (nSPS) is 14.4. The van der Waals surface area contributed by atoms with Crippen molar-refractivity contribution in [1.82, 2.24) is 4.57 Å². The quantitative estimate of drug-likeness (QED) is 0.159. The summed E-state index contributed by atoms with van der Waals surface area (Å²) < 4.78 is 2.53. The fraction of sp³-hybridized carbons (Fsp3) is 0.0217. The SMILES string of the molecule is c1ccc(-c2ccc(N3c4cc(-n5c6ccccc6c6ccccc65)cc5c4B(c4cc(-c6ccccc6)ccc4N5c4ccc5c(c4)C4(c6ccccc6-c6ccccc64)c4ccccc4-5)c4c3ccc3c4-c4ccccc4C34c3ccccc3-c3ccccc34)cc2)cc1. The molecule has 2 spiro atoms. The predicted octanol–water partition coefficient (Wildman–Crippen LogP) is 20.9. The summed E-state index contributed by atoms with van der Waals surface area (Å²) >= 11 is 0. The standard InChI is InChI=1S/C92H56BN3/c1-3-23-57(24-4-1)59-43-46-61(47-44-59)94-85-52-50-79-88(72-34-12-20-40-78(72)91(79)73-35-15-7-27-64(73)65-28-8-16-36-74(65)91)90(85)93-81-53-60(58-25-5-2-6-26-58)45-51-84(81)95(87-56-63(55-86(94)89(87)93)96-82-41-21-13-32-70(82)71-33-14-22-42-83(71)96)62-48-49-69-68-31-11-19-39-77(68)92(80(69)54-62)75-37-17-9-29-66(75)67-30-10-18-38-76(67)92/h1-56H. The molecule has 0 atom stereocenters. The van der Waals surface area contributed by atoms with E-state index < -0.39 is 10.8 Å². The second kappa shape index (κ2) is 19.2. The number of aromatic nitrogens is 1. The number of nitrogens with zero attached hydrogens (tertiary/aromatic N) is 3. The van der Waals surface area contributed by atoms with E-state index in [9.17, 15) is 0 Å². The monoisotopic (exact) mass is 1210 g/mol. The van der Waals surface area contributed by atoms with Gasteiger partial charge in [0.1, 0.15) is 0 Å². The van der Waals surface area contributed by atoms with E-state index in [1.807, 2.05) is 0 Å². The van der Waals surface area contributed by atoms with Crippen LogP contribution in [0.4, 0.5) is 34.1 Å². The number of hydrogen-bond acceptors (Lipinski definition) is 2. The summed E-state index contributed by atoms with van der Waals surface area (Å²) in [6.07, 6.45) is 0. The Morgan fingerprint density at radius 3 is 1.17 bits per heavy atom. The molecule has 4 aliphatic carbocycles. The third kappa shape index (κ3) is 6.58. The highest BCUT2D eigenvalue weighted by molar-refractivity contribution is 7.01. The third-order valence-electron chi connectivity index (χ3n) is 22.6. The highest BCUT2D eigenvalue weighted by Crippen LogP contribution is 2.66. The van der Waals surface area contributed by atoms with Crippen molar-refractivity contribution in [2.75, 3.05) is 9.80 Å². The van der Waals surface area contributed by atoms with Crippen molar-refractivity contribution < 1.29 is 0 Å². The van der Waals surface area contributed by atoms with Crippen molar-refractivity contribution in [2.24, 2.45) is 0 Å². The van der Waals surface area contributed by atoms with Gasteiger partial charge in [-0.25, -0.2) is 0 Å². The van der Waals surface area contributed by atoms with Crippen LogP contribution >= 0.6 is 0 Å². The Hall–Kier alpha value is -12.2. The lowest BCUT2D eigenvalue weighted by Gasteiger charge is -2.45. The van der Waals surface area contributed by atoms with Crippen LogP contribution in [-0.2, 0) is 10.8 Å². The lowest BCUT2D eigenvalue weighted by Crippen LogP contribution is -2.62. The molecule has 96 heavy (non-hydrogen) atoms. The van der Waals surface area contributed by atoms with Crippen molar-refractivity contribution in [3.63, 3.8) is 0 Å². The molecule has 0 N–H and O–H groups in total. The van der Waals surface area contributed by atoms with Crippen molar-refractivity contribution in [1.29, 1.82) is 0 Å². The molecule has 0 bridgehead atoms. The molecule has 0 unspecified atom stereocenters. The van der Waals surface area contributed by atoms with Gasteiger partial charge in [-0.3, -0.25) is 0 Å². The number of benzene rings is 15. The molecule has 0 saturated heterocycles. The topological polar surface area (TPSA) is 11.4 Å². The number of fused-ring (bicyclic) bond motifs is 28. The lowest BCUT2D eigenvalue weighted by atomic mass is 9.32. The van der Waals surface area contributed by atoms with Crippen LogP contribution in [0.25, 0.3) is 94.3 Å². The average molecular weight is 1210 g/mol. The molecular formula is C92H56BN3. The van der Waals surface area contributed by atoms with Crippen LogP contribution < -0.4 is 26.2 Å². The van der Waals surface area contributed by atoms with Gasteiger partial charge in [-0.05, 0) is 188 Å². The van der Waals surface area contributed by atoms with Gasteiger partial charge in [0.25, 0.3) is 6.71 Å². The van der Waals surface area contributed by atoms with Crippen LogP contribution in [0, 0.1) is 0 Å². The van der Waals surface area contributed by atoms with Gasteiger partial charge < -0.3 is 14.4 Å². The zero-order valence-corrected chi connectivity index (χ0v) is 52.3. The Balaban J connectivity index is 0.895. The second-order valence-electron chi connectivity index (χ2n) is 26.8. The summed E-state index contributed by atoms with van der Waals surface area (Å²) in [5, 5.41) is 2.45. The number of rotatable bonds is 5. The molecule has 6 aliphatic rings. The predicted molar refractivity (Wildman–Crippen MR) is 398 cm³/mol. The van der Waals surface area contributed by atoms with Gasteiger partial charge in [0.2, 0.25) is 0 Å². The Bertz CT molecular complexity index is 5900. The zero-order valence-electron chi connectivity index (χ0n) is 52.3. The summed E-state index contributed by atoms with van der Waals surface area (Å²) in [7, 11) is 0. The Labute approximate surface area is 557 Å². The molecule has 22 rings (SSSR count). The number of para-hydroxylation sites is 2. The van der Waals surface area contributed by atoms with Crippen LogP contribution in [0.15, 0.2) is 340 Å². The molecule has 0 fully saturated rings. The van der Waals surface area contributed by atoms with Gasteiger partial charge >= 0.3 is 0 Å². The van der Waals surface area contributed by atoms with E-state index in [0.29, 0.717) is 0 Å². The van der Waals surface area contributed by atoms with Crippen molar-refractivity contribution in [3.8, 4) is 72.4 Å². The molecule has 4 heteroatoms. The first-order valence-electron chi connectivity index (χ1n) is 33.7. The molecule has 2 aliphatic heterocycles. The minimum atomic E-state index is -0.565. The second-order valence-corrected chi connectivity index (χ2v) is 26.8. The Kier molecular flexibility index (Phi) is 10.5. The molecule has 3 nitrogen and oxygen atoms in total. The van der Waals surface area contributed by atoms with Crippen LogP contribution in [0.3, 0.4) is 0 Å². The molecule has 0 radical (unpaired) electrons. The van der Waals surface area contributed by atoms with E-state index in [0.717, 1.165) is 34.1 Å². The van der Waals surface area contributed by atoms with Crippen LogP contribution in [0.2, 0.25) is 0 Å². The van der Waals surface area contributed by atoms with E-state index >= 15 is 0 Å². The van der Waals surface area contributed by atoms with Crippen LogP contribution in [-0.4, -0.2) is 11.3 Å². The molecule has 0 saturated carbocycles. The maximum Gasteiger partial charge on any atom is 0.252 e. The van der Waals surface area contributed by atoms with Gasteiger partial charge in [0, 0.05) is 44.9 Å². The minimum Gasteiger partial charge on any atom is -0.311 e. The molecule has 16 aromatic rings. The first-order chi connectivity index (χ1) is 47.7. The first kappa shape index (κ1) is 52.3. The van der Waals surface area contributed by atoms with Crippen LogP contribution in [0.1, 0.15) is 44.5 Å². The van der Waals surface area contributed by atoms with E-state index in [-0.39, 0.29) is 6.71 Å². The van der Waals surface area contributed by atoms with Gasteiger partial charge in [-0.1, -0.05) is 279 Å². The summed E-state index contributed by atoms with van der Waals surface area (Å²) in [6.45, 7) is -0.240. The lowest BCUT2D eigenvalue weighted by molar-refractivity contribution is 0.793. The van der Waals surface area contributed by atoms with Gasteiger partial charge in [-0.15, -0.1) is 0 Å². The van der Waals surface area contributed by atoms with Gasteiger partial charge in [0.05, 0.1) is 27.6 Å². The van der Waals surface area contributed by atoms with Gasteiger partial charge in [0.15, 0.2) is 0 Å². The van der Waals surface area contributed by atoms with Crippen LogP contribution in [0.5, 0.6) is 0 Å². The van der Waals surface area contributed by atoms with Crippen molar-refractivity contribution in [2.45, 2.75) is 10.8 Å². The zero-order chi connectivity index (χ0) is 62.5. The highest BCUT2D eigenvalue weighted by Gasteiger charge is 2.56. The molecule has 3 heterocycles. The van der Waals surface area contributed by atoms with Crippen molar-refractivity contribution in [3.05, 3.63) is 384 Å². The van der Waals surface area contributed by atoms with E-state index in [1.165, 1.54) is 155 Å². The van der Waals surface area contributed by atoms with E-state index in [4.69, 9.17) is 0 Å². The van der Waals surface area contributed by atoms with Crippen molar-refractivity contribution >= 4 is 79.0 Å². The number of hydrogen-bond donors (Lipinski definition) is 0. The summed E-state index contributed by atoms with van der Waals surface area (Å²) in [5.74, 6) is 0. The molecule has 0 amide bonds. The molecule has 442 valence electrons. The van der Waals surface area contributed by atoms with E-state index in [1.54, 1.807) is 0 Å². The molecule has 1 aromatic heterocycles. The minimum absolute atomic E-state index is 0.240. The maximum atomic E-state index is 2.67. The Morgan fingerprint density at radius 1 is 0.229 bits per heavy atom. The Morgan fingerprint density at radius 2 is 0.625 bits per heavy atom. The fourth-order valence-corrected chi connectivity index (χ4v) is 19.0. The largest absolute Gasteiger partial charge is 0.311 e. The molecule has 15 aromatic carbocycles. The molecular weight excluding hydrogens is 1160 g/mol. The first-order valence-corrected chi connectivity index (χ1v) is 33.7.